The highest BCUT2D eigenvalue weighted by Gasteiger charge is 2.11. The van der Waals surface area contributed by atoms with Gasteiger partial charge >= 0.3 is 0 Å². The number of aromatic nitrogens is 2. The predicted octanol–water partition coefficient (Wildman–Crippen LogP) is 7.04. The van der Waals surface area contributed by atoms with Gasteiger partial charge < -0.3 is 5.32 Å². The van der Waals surface area contributed by atoms with E-state index in [2.05, 4.69) is 77.6 Å². The molecule has 2 heterocycles. The molecule has 3 nitrogen and oxygen atoms in total. The predicted molar refractivity (Wildman–Crippen MR) is 120 cm³/mol. The van der Waals surface area contributed by atoms with Gasteiger partial charge in [-0.1, -0.05) is 59.9 Å². The topological polar surface area (TPSA) is 37.8 Å². The molecule has 0 saturated carbocycles. The highest BCUT2D eigenvalue weighted by Crippen LogP contribution is 2.36. The summed E-state index contributed by atoms with van der Waals surface area (Å²) in [7, 11) is 0. The smallest absolute Gasteiger partial charge is 0.190 e. The summed E-state index contributed by atoms with van der Waals surface area (Å²) in [5.74, 6) is 0. The van der Waals surface area contributed by atoms with Crippen molar-refractivity contribution < 1.29 is 0 Å². The fourth-order valence-electron chi connectivity index (χ4n) is 3.14. The van der Waals surface area contributed by atoms with Gasteiger partial charge in [0.2, 0.25) is 0 Å². The summed E-state index contributed by atoms with van der Waals surface area (Å²) in [4.78, 5) is 10.8. The first-order chi connectivity index (χ1) is 13.3. The molecule has 0 aliphatic heterocycles. The van der Waals surface area contributed by atoms with Gasteiger partial charge in [0, 0.05) is 15.8 Å². The number of hydrogen-bond donors (Lipinski definition) is 1. The molecule has 0 aliphatic carbocycles. The van der Waals surface area contributed by atoms with Crippen LogP contribution in [0.25, 0.3) is 32.2 Å². The molecule has 0 spiro atoms. The SMILES string of the molecule is CSc1cccc2sc(Nc3nc(-c4cccc5ccccc45)cs3)nc12. The first kappa shape index (κ1) is 16.7. The van der Waals surface area contributed by atoms with E-state index < -0.39 is 0 Å². The number of nitrogens with zero attached hydrogens (tertiary/aromatic N) is 2. The van der Waals surface area contributed by atoms with Gasteiger partial charge in [-0.15, -0.1) is 23.1 Å². The Hall–Kier alpha value is -2.41. The van der Waals surface area contributed by atoms with Crippen molar-refractivity contribution in [1.82, 2.24) is 9.97 Å². The minimum atomic E-state index is 0.864. The molecule has 0 amide bonds. The van der Waals surface area contributed by atoms with Crippen molar-refractivity contribution in [2.45, 2.75) is 4.90 Å². The van der Waals surface area contributed by atoms with Crippen LogP contribution in [-0.4, -0.2) is 16.2 Å². The van der Waals surface area contributed by atoms with Crippen LogP contribution in [0.2, 0.25) is 0 Å². The maximum atomic E-state index is 4.81. The number of fused-ring (bicyclic) bond motifs is 2. The Morgan fingerprint density at radius 3 is 2.67 bits per heavy atom. The molecule has 0 unspecified atom stereocenters. The summed E-state index contributed by atoms with van der Waals surface area (Å²) < 4.78 is 1.19. The van der Waals surface area contributed by atoms with Crippen LogP contribution in [0.5, 0.6) is 0 Å². The van der Waals surface area contributed by atoms with Crippen LogP contribution in [-0.2, 0) is 0 Å². The van der Waals surface area contributed by atoms with Crippen molar-refractivity contribution in [2.24, 2.45) is 0 Å². The molecule has 2 aromatic heterocycles. The van der Waals surface area contributed by atoms with E-state index in [1.807, 2.05) is 0 Å². The number of hydrogen-bond acceptors (Lipinski definition) is 6. The number of thioether (sulfide) groups is 1. The number of para-hydroxylation sites is 1. The lowest BCUT2D eigenvalue weighted by Gasteiger charge is -2.03. The molecular formula is C21H15N3S3. The third-order valence-corrected chi connectivity index (χ3v) is 6.85. The molecule has 0 radical (unpaired) electrons. The van der Waals surface area contributed by atoms with Crippen molar-refractivity contribution in [3.05, 3.63) is 66.0 Å². The Bertz CT molecular complexity index is 1250. The Morgan fingerprint density at radius 2 is 1.74 bits per heavy atom. The van der Waals surface area contributed by atoms with Crippen LogP contribution >= 0.6 is 34.4 Å². The highest BCUT2D eigenvalue weighted by molar-refractivity contribution is 7.98. The van der Waals surface area contributed by atoms with Gasteiger partial charge in [0.25, 0.3) is 0 Å². The average molecular weight is 406 g/mol. The van der Waals surface area contributed by atoms with Crippen molar-refractivity contribution in [1.29, 1.82) is 0 Å². The third-order valence-electron chi connectivity index (χ3n) is 4.39. The molecule has 0 fully saturated rings. The van der Waals surface area contributed by atoms with Crippen LogP contribution in [0.3, 0.4) is 0 Å². The number of benzene rings is 3. The van der Waals surface area contributed by atoms with Crippen LogP contribution in [0.1, 0.15) is 0 Å². The molecular weight excluding hydrogens is 390 g/mol. The first-order valence-electron chi connectivity index (χ1n) is 8.46. The summed E-state index contributed by atoms with van der Waals surface area (Å²) in [6.07, 6.45) is 2.08. The van der Waals surface area contributed by atoms with Crippen LogP contribution in [0, 0.1) is 0 Å². The Kier molecular flexibility index (Phi) is 4.32. The molecule has 132 valence electrons. The molecule has 0 atom stereocenters. The zero-order valence-corrected chi connectivity index (χ0v) is 16.9. The highest BCUT2D eigenvalue weighted by atomic mass is 32.2. The Morgan fingerprint density at radius 1 is 0.889 bits per heavy atom. The van der Waals surface area contributed by atoms with E-state index in [1.165, 1.54) is 20.4 Å². The monoisotopic (exact) mass is 405 g/mol. The Labute approximate surface area is 169 Å². The van der Waals surface area contributed by atoms with Crippen molar-refractivity contribution in [3.63, 3.8) is 0 Å². The molecule has 0 bridgehead atoms. The summed E-state index contributed by atoms with van der Waals surface area (Å²) in [5.41, 5.74) is 3.21. The third kappa shape index (κ3) is 3.10. The normalized spacial score (nSPS) is 11.3. The fraction of sp³-hybridized carbons (Fsp3) is 0.0476. The second-order valence-corrected chi connectivity index (χ2v) is 8.75. The van der Waals surface area contributed by atoms with Crippen LogP contribution in [0.15, 0.2) is 70.9 Å². The maximum absolute atomic E-state index is 4.81. The van der Waals surface area contributed by atoms with E-state index >= 15 is 0 Å². The molecule has 27 heavy (non-hydrogen) atoms. The number of thiazole rings is 2. The van der Waals surface area contributed by atoms with Gasteiger partial charge in [0.05, 0.1) is 15.9 Å². The zero-order chi connectivity index (χ0) is 18.2. The van der Waals surface area contributed by atoms with Gasteiger partial charge in [0.15, 0.2) is 10.3 Å². The van der Waals surface area contributed by atoms with E-state index in [0.29, 0.717) is 0 Å². The van der Waals surface area contributed by atoms with Crippen LogP contribution < -0.4 is 5.32 Å². The van der Waals surface area contributed by atoms with Crippen LogP contribution in [0.4, 0.5) is 10.3 Å². The molecule has 5 aromatic rings. The second-order valence-electron chi connectivity index (χ2n) is 6.02. The van der Waals surface area contributed by atoms with Gasteiger partial charge in [0.1, 0.15) is 0 Å². The van der Waals surface area contributed by atoms with Crippen molar-refractivity contribution in [3.8, 4) is 11.3 Å². The summed E-state index contributed by atoms with van der Waals surface area (Å²) in [5, 5.41) is 9.69. The molecule has 1 N–H and O–H groups in total. The minimum absolute atomic E-state index is 0.864. The molecule has 3 aromatic carbocycles. The van der Waals surface area contributed by atoms with Gasteiger partial charge in [-0.2, -0.15) is 0 Å². The zero-order valence-electron chi connectivity index (χ0n) is 14.5. The lowest BCUT2D eigenvalue weighted by Crippen LogP contribution is -1.89. The summed E-state index contributed by atoms with van der Waals surface area (Å²) in [6.45, 7) is 0. The first-order valence-corrected chi connectivity index (χ1v) is 11.4. The van der Waals surface area contributed by atoms with Gasteiger partial charge in [-0.05, 0) is 29.2 Å². The Balaban J connectivity index is 1.49. The molecule has 0 aliphatic rings. The second kappa shape index (κ2) is 6.96. The van der Waals surface area contributed by atoms with E-state index in [9.17, 15) is 0 Å². The summed E-state index contributed by atoms with van der Waals surface area (Å²) in [6, 6.07) is 21.1. The van der Waals surface area contributed by atoms with E-state index in [-0.39, 0.29) is 0 Å². The minimum Gasteiger partial charge on any atom is -0.307 e. The van der Waals surface area contributed by atoms with E-state index in [4.69, 9.17) is 9.97 Å². The lowest BCUT2D eigenvalue weighted by atomic mass is 10.0. The molecule has 0 saturated heterocycles. The molecule has 5 rings (SSSR count). The largest absolute Gasteiger partial charge is 0.307 e. The van der Waals surface area contributed by atoms with E-state index in [1.54, 1.807) is 34.4 Å². The summed E-state index contributed by atoms with van der Waals surface area (Å²) >= 11 is 4.99. The fourth-order valence-corrected chi connectivity index (χ4v) is 5.43. The number of rotatable bonds is 4. The quantitative estimate of drug-likeness (QED) is 0.325. The number of nitrogens with one attached hydrogen (secondary N) is 1. The standard InChI is InChI=1S/C21H15N3S3/c1-25-17-10-5-11-18-19(17)23-21(27-18)24-20-22-16(12-26-20)15-9-4-7-13-6-2-3-8-14(13)15/h2-12H,1H3,(H,22,23,24). The number of anilines is 2. The molecule has 6 heteroatoms. The lowest BCUT2D eigenvalue weighted by molar-refractivity contribution is 1.35. The van der Waals surface area contributed by atoms with Gasteiger partial charge in [-0.25, -0.2) is 9.97 Å². The van der Waals surface area contributed by atoms with Crippen molar-refractivity contribution in [2.75, 3.05) is 11.6 Å². The van der Waals surface area contributed by atoms with E-state index in [0.717, 1.165) is 27.0 Å². The van der Waals surface area contributed by atoms with Gasteiger partial charge in [-0.3, -0.25) is 0 Å². The van der Waals surface area contributed by atoms with Crippen molar-refractivity contribution >= 4 is 65.7 Å². The maximum Gasteiger partial charge on any atom is 0.190 e. The average Bonchev–Trinajstić information content (AvgIpc) is 3.34.